The van der Waals surface area contributed by atoms with Gasteiger partial charge >= 0.3 is 25.7 Å². The van der Waals surface area contributed by atoms with Gasteiger partial charge in [-0.25, -0.2) is 4.79 Å². The Labute approximate surface area is 180 Å². The van der Waals surface area contributed by atoms with Crippen LogP contribution in [-0.4, -0.2) is 52.6 Å². The summed E-state index contributed by atoms with van der Waals surface area (Å²) in [6.45, 7) is 0.975. The summed E-state index contributed by atoms with van der Waals surface area (Å²) in [5, 5.41) is 19.8. The zero-order valence-corrected chi connectivity index (χ0v) is 18.2. The predicted molar refractivity (Wildman–Crippen MR) is 104 cm³/mol. The molecule has 0 spiro atoms. The van der Waals surface area contributed by atoms with Crippen LogP contribution in [0.25, 0.3) is 0 Å². The first-order chi connectivity index (χ1) is 14.7. The molecular formula is C19H22F3O9P. The molecule has 1 aromatic rings. The summed E-state index contributed by atoms with van der Waals surface area (Å²) in [6, 6.07) is 0. The lowest BCUT2D eigenvalue weighted by Crippen LogP contribution is -2.25. The van der Waals surface area contributed by atoms with Gasteiger partial charge in [-0.2, -0.15) is 13.2 Å². The number of carboxylic acid groups (broad SMARTS) is 1. The Balaban J connectivity index is 2.29. The van der Waals surface area contributed by atoms with E-state index in [1.54, 1.807) is 6.92 Å². The fraction of sp³-hybridized carbons (Fsp3) is 0.474. The topological polar surface area (TPSA) is 140 Å². The van der Waals surface area contributed by atoms with E-state index in [0.29, 0.717) is 11.1 Å². The van der Waals surface area contributed by atoms with Crippen LogP contribution in [0.3, 0.4) is 0 Å². The zero-order valence-electron chi connectivity index (χ0n) is 17.4. The van der Waals surface area contributed by atoms with Crippen molar-refractivity contribution in [2.24, 2.45) is 0 Å². The van der Waals surface area contributed by atoms with Gasteiger partial charge in [0.25, 0.3) is 0 Å². The number of rotatable bonds is 9. The van der Waals surface area contributed by atoms with E-state index in [1.165, 1.54) is 20.1 Å². The van der Waals surface area contributed by atoms with Gasteiger partial charge in [-0.15, -0.1) is 0 Å². The number of alkyl halides is 3. The number of carboxylic acids is 1. The SMILES string of the molecule is COc1c(C)c2c(c(O)c1C/C=C(\C)CC(C(=O)O)P(=O)(O)OCC(F)(F)F)C(=O)OC2. The van der Waals surface area contributed by atoms with Gasteiger partial charge in [0, 0.05) is 11.1 Å². The van der Waals surface area contributed by atoms with E-state index >= 15 is 0 Å². The second-order valence-corrected chi connectivity index (χ2v) is 9.19. The molecule has 3 N–H and O–H groups in total. The summed E-state index contributed by atoms with van der Waals surface area (Å²) < 4.78 is 63.2. The van der Waals surface area contributed by atoms with E-state index in [2.05, 4.69) is 4.52 Å². The minimum atomic E-state index is -5.15. The monoisotopic (exact) mass is 482 g/mol. The van der Waals surface area contributed by atoms with Crippen molar-refractivity contribution in [1.82, 2.24) is 0 Å². The molecule has 0 saturated heterocycles. The van der Waals surface area contributed by atoms with E-state index in [9.17, 15) is 42.4 Å². The summed E-state index contributed by atoms with van der Waals surface area (Å²) in [6.07, 6.45) is -4.15. The summed E-state index contributed by atoms with van der Waals surface area (Å²) >= 11 is 0. The minimum absolute atomic E-state index is 0.00632. The quantitative estimate of drug-likeness (QED) is 0.274. The van der Waals surface area contributed by atoms with Crippen LogP contribution in [0.2, 0.25) is 0 Å². The number of methoxy groups -OCH3 is 1. The number of aliphatic carboxylic acids is 1. The van der Waals surface area contributed by atoms with Gasteiger partial charge in [0.2, 0.25) is 0 Å². The number of phenolic OH excluding ortho intramolecular Hbond substituents is 1. The first kappa shape index (κ1) is 25.7. The number of ether oxygens (including phenoxy) is 2. The minimum Gasteiger partial charge on any atom is -0.507 e. The smallest absolute Gasteiger partial charge is 0.412 e. The van der Waals surface area contributed by atoms with Gasteiger partial charge in [-0.1, -0.05) is 11.6 Å². The number of hydrogen-bond donors (Lipinski definition) is 3. The van der Waals surface area contributed by atoms with E-state index in [1.807, 2.05) is 0 Å². The maximum Gasteiger partial charge on any atom is 0.412 e. The summed E-state index contributed by atoms with van der Waals surface area (Å²) in [7, 11) is -3.80. The molecule has 2 unspecified atom stereocenters. The Bertz CT molecular complexity index is 1000. The molecule has 0 amide bonds. The Hall–Kier alpha value is -2.56. The van der Waals surface area contributed by atoms with Crippen molar-refractivity contribution in [3.05, 3.63) is 33.9 Å². The van der Waals surface area contributed by atoms with Crippen molar-refractivity contribution in [3.63, 3.8) is 0 Å². The summed E-state index contributed by atoms with van der Waals surface area (Å²) in [5.41, 5.74) is -0.668. The van der Waals surface area contributed by atoms with Gasteiger partial charge in [-0.3, -0.25) is 13.9 Å². The Kier molecular flexibility index (Phi) is 7.64. The molecule has 2 rings (SSSR count). The normalized spacial score (nSPS) is 16.8. The van der Waals surface area contributed by atoms with Crippen molar-refractivity contribution >= 4 is 19.5 Å². The Morgan fingerprint density at radius 2 is 2.00 bits per heavy atom. The van der Waals surface area contributed by atoms with Crippen molar-refractivity contribution in [2.75, 3.05) is 13.7 Å². The summed E-state index contributed by atoms with van der Waals surface area (Å²) in [4.78, 5) is 33.1. The predicted octanol–water partition coefficient (Wildman–Crippen LogP) is 3.48. The molecule has 1 aliphatic heterocycles. The number of fused-ring (bicyclic) bond motifs is 1. The molecule has 1 aromatic carbocycles. The lowest BCUT2D eigenvalue weighted by atomic mass is 9.94. The van der Waals surface area contributed by atoms with Crippen LogP contribution >= 0.6 is 7.60 Å². The lowest BCUT2D eigenvalue weighted by molar-refractivity contribution is -0.156. The van der Waals surface area contributed by atoms with Crippen LogP contribution in [0.15, 0.2) is 11.6 Å². The van der Waals surface area contributed by atoms with Crippen LogP contribution in [0.1, 0.15) is 40.4 Å². The molecule has 9 nitrogen and oxygen atoms in total. The second-order valence-electron chi connectivity index (χ2n) is 7.18. The fourth-order valence-electron chi connectivity index (χ4n) is 3.29. The molecular weight excluding hydrogens is 460 g/mol. The lowest BCUT2D eigenvalue weighted by Gasteiger charge is -2.20. The number of benzene rings is 1. The van der Waals surface area contributed by atoms with E-state index in [-0.39, 0.29) is 41.2 Å². The number of phenols is 1. The van der Waals surface area contributed by atoms with Crippen molar-refractivity contribution in [1.29, 1.82) is 0 Å². The third-order valence-corrected chi connectivity index (χ3v) is 6.60. The highest BCUT2D eigenvalue weighted by molar-refractivity contribution is 7.54. The molecule has 2 atom stereocenters. The maximum atomic E-state index is 12.3. The average molecular weight is 482 g/mol. The number of allylic oxidation sites excluding steroid dienone is 2. The summed E-state index contributed by atoms with van der Waals surface area (Å²) in [5.74, 6) is -2.61. The van der Waals surface area contributed by atoms with Gasteiger partial charge in [0.15, 0.2) is 12.3 Å². The molecule has 13 heteroatoms. The van der Waals surface area contributed by atoms with Crippen LogP contribution < -0.4 is 4.74 Å². The number of carbonyl (C=O) groups excluding carboxylic acids is 1. The molecule has 0 fully saturated rings. The molecule has 32 heavy (non-hydrogen) atoms. The van der Waals surface area contributed by atoms with E-state index in [4.69, 9.17) is 9.47 Å². The highest BCUT2D eigenvalue weighted by Gasteiger charge is 2.42. The standard InChI is InChI=1S/C19H22F3O9P/c1-9(6-13(17(24)25)32(27,28)31-8-19(20,21)22)4-5-11-15(23)14-12(7-30-18(14)26)10(2)16(11)29-3/h4,13,23H,5-8H2,1-3H3,(H,24,25)(H,27,28)/b9-4+. The zero-order chi connectivity index (χ0) is 24.4. The number of carbonyl (C=O) groups is 2. The van der Waals surface area contributed by atoms with Crippen molar-refractivity contribution in [3.8, 4) is 11.5 Å². The molecule has 178 valence electrons. The van der Waals surface area contributed by atoms with E-state index < -0.39 is 44.4 Å². The number of hydrogen-bond acceptors (Lipinski definition) is 7. The largest absolute Gasteiger partial charge is 0.507 e. The Morgan fingerprint density at radius 3 is 2.53 bits per heavy atom. The first-order valence-corrected chi connectivity index (χ1v) is 10.8. The van der Waals surface area contributed by atoms with Gasteiger partial charge in [-0.05, 0) is 32.3 Å². The van der Waals surface area contributed by atoms with Gasteiger partial charge < -0.3 is 24.6 Å². The molecule has 1 aliphatic rings. The third-order valence-electron chi connectivity index (χ3n) is 4.91. The van der Waals surface area contributed by atoms with Crippen LogP contribution in [0.5, 0.6) is 11.5 Å². The third kappa shape index (κ3) is 5.62. The fourth-order valence-corrected chi connectivity index (χ4v) is 4.60. The van der Waals surface area contributed by atoms with Crippen LogP contribution in [-0.2, 0) is 31.6 Å². The number of halogens is 3. The van der Waals surface area contributed by atoms with Crippen LogP contribution in [0.4, 0.5) is 13.2 Å². The van der Waals surface area contributed by atoms with E-state index in [0.717, 1.165) is 0 Å². The van der Waals surface area contributed by atoms with Gasteiger partial charge in [0.05, 0.1) is 7.11 Å². The average Bonchev–Trinajstić information content (AvgIpc) is 3.07. The Morgan fingerprint density at radius 1 is 1.38 bits per heavy atom. The molecule has 0 aliphatic carbocycles. The van der Waals surface area contributed by atoms with Crippen molar-refractivity contribution < 1.29 is 56.4 Å². The molecule has 0 radical (unpaired) electrons. The maximum absolute atomic E-state index is 12.3. The number of esters is 1. The number of cyclic esters (lactones) is 1. The molecule has 1 heterocycles. The highest BCUT2D eigenvalue weighted by atomic mass is 31.2. The van der Waals surface area contributed by atoms with Crippen LogP contribution in [0, 0.1) is 6.92 Å². The molecule has 0 saturated carbocycles. The van der Waals surface area contributed by atoms with Gasteiger partial charge in [0.1, 0.15) is 23.7 Å². The molecule has 0 aromatic heterocycles. The highest BCUT2D eigenvalue weighted by Crippen LogP contribution is 2.51. The second kappa shape index (κ2) is 9.51. The van der Waals surface area contributed by atoms with Crippen molar-refractivity contribution in [2.45, 2.75) is 45.1 Å². The first-order valence-electron chi connectivity index (χ1n) is 9.20. The molecule has 0 bridgehead atoms. The number of aromatic hydroxyl groups is 1.